The fourth-order valence-electron chi connectivity index (χ4n) is 1.27. The van der Waals surface area contributed by atoms with Crippen LogP contribution in [0.5, 0.6) is 0 Å². The van der Waals surface area contributed by atoms with E-state index >= 15 is 0 Å². The molecule has 66 valence electrons. The van der Waals surface area contributed by atoms with Gasteiger partial charge in [-0.05, 0) is 20.3 Å². The van der Waals surface area contributed by atoms with E-state index in [0.29, 0.717) is 0 Å². The van der Waals surface area contributed by atoms with Crippen LogP contribution in [0, 0.1) is 13.8 Å². The van der Waals surface area contributed by atoms with Crippen LogP contribution in [-0.4, -0.2) is 9.78 Å². The molecular weight excluding hydrogens is 148 g/mol. The molecule has 0 spiro atoms. The largest absolute Gasteiger partial charge is 0.272 e. The van der Waals surface area contributed by atoms with Crippen LogP contribution >= 0.6 is 0 Å². The first-order chi connectivity index (χ1) is 5.66. The molecule has 1 aromatic heterocycles. The Morgan fingerprint density at radius 1 is 1.42 bits per heavy atom. The van der Waals surface area contributed by atoms with Crippen LogP contribution in [0.15, 0.2) is 6.08 Å². The molecule has 0 unspecified atom stereocenters. The number of rotatable bonds is 2. The summed E-state index contributed by atoms with van der Waals surface area (Å²) in [7, 11) is 1.98. The second-order valence-electron chi connectivity index (χ2n) is 3.02. The first kappa shape index (κ1) is 9.04. The summed E-state index contributed by atoms with van der Waals surface area (Å²) in [5.74, 6) is 0. The van der Waals surface area contributed by atoms with Crippen LogP contribution in [0.2, 0.25) is 0 Å². The lowest BCUT2D eigenvalue weighted by atomic mass is 10.2. The SMILES string of the molecule is CC/C=C/c1c(C)nn(C)c1C. The molecule has 0 aliphatic rings. The minimum atomic E-state index is 1.08. The number of aromatic nitrogens is 2. The average Bonchev–Trinajstić information content (AvgIpc) is 2.25. The molecule has 0 aliphatic heterocycles. The topological polar surface area (TPSA) is 17.8 Å². The van der Waals surface area contributed by atoms with Crippen molar-refractivity contribution in [1.29, 1.82) is 0 Å². The van der Waals surface area contributed by atoms with Crippen LogP contribution in [0.25, 0.3) is 6.08 Å². The van der Waals surface area contributed by atoms with E-state index < -0.39 is 0 Å². The molecule has 0 aliphatic carbocycles. The Kier molecular flexibility index (Phi) is 2.69. The maximum Gasteiger partial charge on any atom is 0.0668 e. The minimum absolute atomic E-state index is 1.08. The maximum atomic E-state index is 4.33. The Hall–Kier alpha value is -1.05. The van der Waals surface area contributed by atoms with Gasteiger partial charge in [0.05, 0.1) is 5.69 Å². The van der Waals surface area contributed by atoms with E-state index in [1.54, 1.807) is 0 Å². The van der Waals surface area contributed by atoms with Crippen molar-refractivity contribution in [2.75, 3.05) is 0 Å². The van der Waals surface area contributed by atoms with Gasteiger partial charge in [0, 0.05) is 18.3 Å². The molecule has 0 saturated heterocycles. The minimum Gasteiger partial charge on any atom is -0.272 e. The maximum absolute atomic E-state index is 4.33. The van der Waals surface area contributed by atoms with E-state index in [9.17, 15) is 0 Å². The lowest BCUT2D eigenvalue weighted by molar-refractivity contribution is 0.731. The normalized spacial score (nSPS) is 11.3. The van der Waals surface area contributed by atoms with Gasteiger partial charge in [0.1, 0.15) is 0 Å². The highest BCUT2D eigenvalue weighted by Gasteiger charge is 2.04. The van der Waals surface area contributed by atoms with Crippen molar-refractivity contribution >= 4 is 6.08 Å². The number of hydrogen-bond acceptors (Lipinski definition) is 1. The number of aryl methyl sites for hydroxylation is 2. The zero-order valence-corrected chi connectivity index (χ0v) is 8.26. The second-order valence-corrected chi connectivity index (χ2v) is 3.02. The van der Waals surface area contributed by atoms with E-state index in [1.807, 2.05) is 18.7 Å². The molecule has 0 aromatic carbocycles. The standard InChI is InChI=1S/C10H16N2/c1-5-6-7-10-8(2)11-12(4)9(10)3/h6-7H,5H2,1-4H3/b7-6+. The van der Waals surface area contributed by atoms with Crippen LogP contribution in [0.3, 0.4) is 0 Å². The summed E-state index contributed by atoms with van der Waals surface area (Å²) < 4.78 is 1.92. The van der Waals surface area contributed by atoms with Gasteiger partial charge in [-0.15, -0.1) is 0 Å². The Morgan fingerprint density at radius 3 is 2.50 bits per heavy atom. The second kappa shape index (κ2) is 3.57. The van der Waals surface area contributed by atoms with E-state index in [0.717, 1.165) is 12.1 Å². The lowest BCUT2D eigenvalue weighted by Crippen LogP contribution is -1.92. The van der Waals surface area contributed by atoms with Crippen LogP contribution < -0.4 is 0 Å². The number of allylic oxidation sites excluding steroid dienone is 1. The monoisotopic (exact) mass is 164 g/mol. The molecule has 2 nitrogen and oxygen atoms in total. The Balaban J connectivity index is 3.05. The molecule has 0 bridgehead atoms. The zero-order chi connectivity index (χ0) is 9.14. The van der Waals surface area contributed by atoms with Gasteiger partial charge < -0.3 is 0 Å². The average molecular weight is 164 g/mol. The van der Waals surface area contributed by atoms with Crippen molar-refractivity contribution in [3.8, 4) is 0 Å². The summed E-state index contributed by atoms with van der Waals surface area (Å²) in [6.45, 7) is 6.27. The number of hydrogen-bond donors (Lipinski definition) is 0. The lowest BCUT2D eigenvalue weighted by Gasteiger charge is -1.93. The molecule has 12 heavy (non-hydrogen) atoms. The highest BCUT2D eigenvalue weighted by molar-refractivity contribution is 5.54. The van der Waals surface area contributed by atoms with Crippen LogP contribution in [0.1, 0.15) is 30.3 Å². The molecular formula is C10H16N2. The molecule has 0 N–H and O–H groups in total. The van der Waals surface area contributed by atoms with Crippen molar-refractivity contribution in [3.05, 3.63) is 23.0 Å². The molecule has 1 heterocycles. The van der Waals surface area contributed by atoms with Crippen molar-refractivity contribution in [2.24, 2.45) is 7.05 Å². The molecule has 2 heteroatoms. The van der Waals surface area contributed by atoms with Crippen LogP contribution in [0.4, 0.5) is 0 Å². The zero-order valence-electron chi connectivity index (χ0n) is 8.26. The van der Waals surface area contributed by atoms with Gasteiger partial charge in [0.2, 0.25) is 0 Å². The first-order valence-electron chi connectivity index (χ1n) is 4.33. The predicted molar refractivity (Wildman–Crippen MR) is 52.0 cm³/mol. The van der Waals surface area contributed by atoms with Gasteiger partial charge in [0.25, 0.3) is 0 Å². The summed E-state index contributed by atoms with van der Waals surface area (Å²) >= 11 is 0. The third-order valence-corrected chi connectivity index (χ3v) is 2.09. The van der Waals surface area contributed by atoms with Crippen molar-refractivity contribution < 1.29 is 0 Å². The molecule has 0 radical (unpaired) electrons. The van der Waals surface area contributed by atoms with Crippen LogP contribution in [-0.2, 0) is 7.05 Å². The fraction of sp³-hybridized carbons (Fsp3) is 0.500. The third-order valence-electron chi connectivity index (χ3n) is 2.09. The van der Waals surface area contributed by atoms with Gasteiger partial charge in [-0.2, -0.15) is 5.10 Å². The predicted octanol–water partition coefficient (Wildman–Crippen LogP) is 2.46. The molecule has 0 amide bonds. The summed E-state index contributed by atoms with van der Waals surface area (Å²) in [5, 5.41) is 4.33. The molecule has 0 saturated carbocycles. The third kappa shape index (κ3) is 1.58. The highest BCUT2D eigenvalue weighted by atomic mass is 15.3. The molecule has 1 aromatic rings. The Bertz CT molecular complexity index is 295. The fourth-order valence-corrected chi connectivity index (χ4v) is 1.27. The summed E-state index contributed by atoms with van der Waals surface area (Å²) in [5.41, 5.74) is 3.61. The Labute approximate surface area is 73.9 Å². The van der Waals surface area contributed by atoms with E-state index in [1.165, 1.54) is 11.3 Å². The van der Waals surface area contributed by atoms with Crippen molar-refractivity contribution in [3.63, 3.8) is 0 Å². The molecule has 0 fully saturated rings. The number of nitrogens with zero attached hydrogens (tertiary/aromatic N) is 2. The quantitative estimate of drug-likeness (QED) is 0.656. The Morgan fingerprint density at radius 2 is 2.08 bits per heavy atom. The van der Waals surface area contributed by atoms with E-state index in [2.05, 4.69) is 31.1 Å². The highest BCUT2D eigenvalue weighted by Crippen LogP contribution is 2.13. The van der Waals surface area contributed by atoms with Gasteiger partial charge in [-0.3, -0.25) is 4.68 Å². The first-order valence-corrected chi connectivity index (χ1v) is 4.33. The van der Waals surface area contributed by atoms with Gasteiger partial charge in [0.15, 0.2) is 0 Å². The van der Waals surface area contributed by atoms with Gasteiger partial charge in [-0.1, -0.05) is 19.1 Å². The smallest absolute Gasteiger partial charge is 0.0668 e. The van der Waals surface area contributed by atoms with E-state index in [4.69, 9.17) is 0 Å². The summed E-state index contributed by atoms with van der Waals surface area (Å²) in [6, 6.07) is 0. The van der Waals surface area contributed by atoms with E-state index in [-0.39, 0.29) is 0 Å². The molecule has 0 atom stereocenters. The summed E-state index contributed by atoms with van der Waals surface area (Å²) in [4.78, 5) is 0. The van der Waals surface area contributed by atoms with Crippen molar-refractivity contribution in [1.82, 2.24) is 9.78 Å². The van der Waals surface area contributed by atoms with Gasteiger partial charge in [-0.25, -0.2) is 0 Å². The summed E-state index contributed by atoms with van der Waals surface area (Å²) in [6.07, 6.45) is 5.39. The van der Waals surface area contributed by atoms with Gasteiger partial charge >= 0.3 is 0 Å². The van der Waals surface area contributed by atoms with Crippen molar-refractivity contribution in [2.45, 2.75) is 27.2 Å². The molecule has 1 rings (SSSR count).